The van der Waals surface area contributed by atoms with Crippen molar-refractivity contribution in [3.8, 4) is 0 Å². The van der Waals surface area contributed by atoms with Crippen LogP contribution in [0.2, 0.25) is 4.34 Å². The average molecular weight is 355 g/mol. The lowest BCUT2D eigenvalue weighted by molar-refractivity contribution is -0.384. The maximum Gasteiger partial charge on any atom is 0.307 e. The summed E-state index contributed by atoms with van der Waals surface area (Å²) in [6, 6.07) is 0.909. The lowest BCUT2D eigenvalue weighted by Crippen LogP contribution is -2.42. The van der Waals surface area contributed by atoms with Crippen molar-refractivity contribution in [2.24, 2.45) is 5.92 Å². The molecule has 0 aromatic carbocycles. The van der Waals surface area contributed by atoms with Crippen LogP contribution in [-0.4, -0.2) is 41.8 Å². The number of carboxylic acid groups (broad SMARTS) is 1. The van der Waals surface area contributed by atoms with Crippen molar-refractivity contribution in [3.05, 3.63) is 20.5 Å². The zero-order valence-electron chi connectivity index (χ0n) is 10.6. The highest BCUT2D eigenvalue weighted by Gasteiger charge is 2.35. The second kappa shape index (κ2) is 5.87. The molecule has 1 aliphatic rings. The molecule has 21 heavy (non-hydrogen) atoms. The van der Waals surface area contributed by atoms with Crippen molar-refractivity contribution in [1.82, 2.24) is 4.31 Å². The van der Waals surface area contributed by atoms with Crippen molar-refractivity contribution < 1.29 is 23.2 Å². The van der Waals surface area contributed by atoms with Gasteiger partial charge in [-0.1, -0.05) is 11.6 Å². The molecule has 0 bridgehead atoms. The number of hydrogen-bond donors (Lipinski definition) is 1. The lowest BCUT2D eigenvalue weighted by atomic mass is 10.0. The van der Waals surface area contributed by atoms with E-state index in [-0.39, 0.29) is 21.6 Å². The Labute approximate surface area is 129 Å². The summed E-state index contributed by atoms with van der Waals surface area (Å²) in [5.74, 6) is -1.82. The lowest BCUT2D eigenvalue weighted by Gasteiger charge is -2.29. The van der Waals surface area contributed by atoms with Gasteiger partial charge in [0.1, 0.15) is 4.21 Å². The molecule has 0 spiro atoms. The third kappa shape index (κ3) is 3.18. The van der Waals surface area contributed by atoms with E-state index >= 15 is 0 Å². The van der Waals surface area contributed by atoms with Gasteiger partial charge in [-0.15, -0.1) is 11.3 Å². The van der Waals surface area contributed by atoms with Gasteiger partial charge in [0.2, 0.25) is 0 Å². The molecule has 1 atom stereocenters. The first kappa shape index (κ1) is 16.1. The van der Waals surface area contributed by atoms with Crippen LogP contribution in [0.25, 0.3) is 0 Å². The molecule has 11 heteroatoms. The van der Waals surface area contributed by atoms with E-state index in [1.807, 2.05) is 0 Å². The van der Waals surface area contributed by atoms with Crippen LogP contribution in [0.15, 0.2) is 10.3 Å². The molecule has 1 N–H and O–H groups in total. The Morgan fingerprint density at radius 2 is 2.24 bits per heavy atom. The number of carbonyl (C=O) groups is 1. The van der Waals surface area contributed by atoms with Crippen LogP contribution >= 0.6 is 22.9 Å². The fraction of sp³-hybridized carbons (Fsp3) is 0.500. The van der Waals surface area contributed by atoms with Gasteiger partial charge in [-0.05, 0) is 12.8 Å². The number of hydrogen-bond acceptors (Lipinski definition) is 6. The first-order valence-corrected chi connectivity index (χ1v) is 8.53. The van der Waals surface area contributed by atoms with Gasteiger partial charge in [-0.25, -0.2) is 8.42 Å². The number of nitro groups is 1. The summed E-state index contributed by atoms with van der Waals surface area (Å²) < 4.78 is 25.4. The number of nitrogens with zero attached hydrogens (tertiary/aromatic N) is 2. The van der Waals surface area contributed by atoms with Gasteiger partial charge in [-0.3, -0.25) is 14.9 Å². The Morgan fingerprint density at radius 1 is 1.57 bits per heavy atom. The molecule has 8 nitrogen and oxygen atoms in total. The molecule has 0 aliphatic carbocycles. The number of halogens is 1. The predicted molar refractivity (Wildman–Crippen MR) is 75.1 cm³/mol. The Balaban J connectivity index is 2.31. The summed E-state index contributed by atoms with van der Waals surface area (Å²) >= 11 is 6.26. The maximum atomic E-state index is 12.4. The van der Waals surface area contributed by atoms with Crippen LogP contribution in [0, 0.1) is 16.0 Å². The number of carboxylic acids is 1. The second-order valence-electron chi connectivity index (χ2n) is 4.52. The van der Waals surface area contributed by atoms with E-state index in [2.05, 4.69) is 0 Å². The normalized spacial score (nSPS) is 20.3. The van der Waals surface area contributed by atoms with Crippen molar-refractivity contribution >= 4 is 44.6 Å². The van der Waals surface area contributed by atoms with E-state index in [0.29, 0.717) is 24.2 Å². The van der Waals surface area contributed by atoms with Gasteiger partial charge >= 0.3 is 5.97 Å². The summed E-state index contributed by atoms with van der Waals surface area (Å²) in [5.41, 5.74) is -0.466. The molecule has 1 aromatic heterocycles. The highest BCUT2D eigenvalue weighted by Crippen LogP contribution is 2.38. The number of sulfonamides is 1. The van der Waals surface area contributed by atoms with E-state index in [1.165, 1.54) is 0 Å². The predicted octanol–water partition coefficient (Wildman–Crippen LogP) is 1.80. The van der Waals surface area contributed by atoms with Crippen molar-refractivity contribution in [3.63, 3.8) is 0 Å². The van der Waals surface area contributed by atoms with Gasteiger partial charge in [0.25, 0.3) is 15.7 Å². The van der Waals surface area contributed by atoms with Gasteiger partial charge < -0.3 is 5.11 Å². The quantitative estimate of drug-likeness (QED) is 0.650. The highest BCUT2D eigenvalue weighted by atomic mass is 35.5. The van der Waals surface area contributed by atoms with Crippen LogP contribution in [0.4, 0.5) is 5.69 Å². The summed E-state index contributed by atoms with van der Waals surface area (Å²) in [7, 11) is -3.96. The van der Waals surface area contributed by atoms with E-state index in [4.69, 9.17) is 16.7 Å². The van der Waals surface area contributed by atoms with Crippen LogP contribution < -0.4 is 0 Å². The Kier molecular flexibility index (Phi) is 4.51. The zero-order chi connectivity index (χ0) is 15.8. The summed E-state index contributed by atoms with van der Waals surface area (Å²) in [4.78, 5) is 20.9. The van der Waals surface area contributed by atoms with Crippen LogP contribution in [0.3, 0.4) is 0 Å². The summed E-state index contributed by atoms with van der Waals surface area (Å²) in [6.07, 6.45) is 0.837. The molecular weight excluding hydrogens is 344 g/mol. The fourth-order valence-electron chi connectivity index (χ4n) is 2.08. The smallest absolute Gasteiger partial charge is 0.307 e. The van der Waals surface area contributed by atoms with E-state index in [9.17, 15) is 23.3 Å². The average Bonchev–Trinajstić information content (AvgIpc) is 2.82. The van der Waals surface area contributed by atoms with Crippen LogP contribution in [0.5, 0.6) is 0 Å². The third-order valence-corrected chi connectivity index (χ3v) is 6.82. The molecule has 0 unspecified atom stereocenters. The van der Waals surface area contributed by atoms with Gasteiger partial charge in [0.15, 0.2) is 4.34 Å². The second-order valence-corrected chi connectivity index (χ2v) is 8.34. The zero-order valence-corrected chi connectivity index (χ0v) is 12.9. The van der Waals surface area contributed by atoms with E-state index in [0.717, 1.165) is 10.4 Å². The van der Waals surface area contributed by atoms with E-state index in [1.54, 1.807) is 0 Å². The molecule has 0 amide bonds. The minimum atomic E-state index is -3.96. The van der Waals surface area contributed by atoms with Crippen molar-refractivity contribution in [2.45, 2.75) is 17.1 Å². The Bertz CT molecular complexity index is 686. The Morgan fingerprint density at radius 3 is 2.76 bits per heavy atom. The standard InChI is InChI=1S/C10H11ClN2O6S2/c11-9-7(13(16)17)4-8(20-9)21(18,19)12-3-1-2-6(5-12)10(14)15/h4,6H,1-3,5H2,(H,14,15)/t6-/m0/s1. The Hall–Kier alpha value is -1.23. The van der Waals surface area contributed by atoms with Gasteiger partial charge in [0.05, 0.1) is 10.8 Å². The topological polar surface area (TPSA) is 118 Å². The number of rotatable bonds is 4. The molecule has 1 fully saturated rings. The maximum absolute atomic E-state index is 12.4. The molecular formula is C10H11ClN2O6S2. The molecule has 1 saturated heterocycles. The van der Waals surface area contributed by atoms with Gasteiger partial charge in [0, 0.05) is 19.2 Å². The first-order valence-electron chi connectivity index (χ1n) is 5.90. The summed E-state index contributed by atoms with van der Waals surface area (Å²) in [5, 5.41) is 19.7. The van der Waals surface area contributed by atoms with Crippen molar-refractivity contribution in [1.29, 1.82) is 0 Å². The SMILES string of the molecule is O=C(O)[C@H]1CCCN(S(=O)(=O)c2cc([N+](=O)[O-])c(Cl)s2)C1. The number of piperidine rings is 1. The minimum Gasteiger partial charge on any atom is -0.481 e. The molecule has 1 aromatic rings. The molecule has 1 aliphatic heterocycles. The van der Waals surface area contributed by atoms with Crippen LogP contribution in [0.1, 0.15) is 12.8 Å². The molecule has 2 heterocycles. The summed E-state index contributed by atoms with van der Waals surface area (Å²) in [6.45, 7) is 0.0520. The van der Waals surface area contributed by atoms with Crippen molar-refractivity contribution in [2.75, 3.05) is 13.1 Å². The third-order valence-electron chi connectivity index (χ3n) is 3.17. The first-order chi connectivity index (χ1) is 9.73. The molecule has 2 rings (SSSR count). The highest BCUT2D eigenvalue weighted by molar-refractivity contribution is 7.91. The van der Waals surface area contributed by atoms with E-state index < -0.39 is 32.5 Å². The largest absolute Gasteiger partial charge is 0.481 e. The number of aliphatic carboxylic acids is 1. The fourth-order valence-corrected chi connectivity index (χ4v) is 5.42. The molecule has 0 saturated carbocycles. The minimum absolute atomic E-state index is 0.138. The van der Waals surface area contributed by atoms with Gasteiger partial charge in [-0.2, -0.15) is 4.31 Å². The molecule has 0 radical (unpaired) electrons. The number of thiophene rings is 1. The van der Waals surface area contributed by atoms with Crippen LogP contribution in [-0.2, 0) is 14.8 Å². The molecule has 116 valence electrons. The monoisotopic (exact) mass is 354 g/mol.